The van der Waals surface area contributed by atoms with Gasteiger partial charge in [-0.25, -0.2) is 9.18 Å². The third-order valence-electron chi connectivity index (χ3n) is 5.21. The fourth-order valence-corrected chi connectivity index (χ4v) is 4.50. The van der Waals surface area contributed by atoms with Crippen LogP contribution < -0.4 is 5.32 Å². The first-order chi connectivity index (χ1) is 15.1. The maximum Gasteiger partial charge on any atom is 0.410 e. The summed E-state index contributed by atoms with van der Waals surface area (Å²) in [5.74, 6) is -0.987. The topological polar surface area (TPSA) is 76.5 Å². The maximum atomic E-state index is 15.5. The van der Waals surface area contributed by atoms with Crippen LogP contribution in [0, 0.1) is 11.2 Å². The predicted molar refractivity (Wildman–Crippen MR) is 124 cm³/mol. The second-order valence-electron chi connectivity index (χ2n) is 8.70. The minimum atomic E-state index is -0.739. The minimum absolute atomic E-state index is 0.0530. The van der Waals surface area contributed by atoms with Crippen molar-refractivity contribution in [3.8, 4) is 0 Å². The molecule has 2 aromatic heterocycles. The smallest absolute Gasteiger partial charge is 0.410 e. The summed E-state index contributed by atoms with van der Waals surface area (Å²) in [6, 6.07) is 3.63. The number of halogens is 2. The standard InChI is InChI=1S/C22H28ClFN4O3S/c1-5-12-31-21(30)27-10-8-14(9-11-27)18-17(24)19(25-13-15-6-7-16(23)32-15)28(26-18)20(29)22(2,3)4/h5-7,14,25H,1,8-13H2,2-4H3. The van der Waals surface area contributed by atoms with Crippen LogP contribution in [0.25, 0.3) is 0 Å². The zero-order valence-electron chi connectivity index (χ0n) is 18.5. The van der Waals surface area contributed by atoms with Crippen LogP contribution in [0.3, 0.4) is 0 Å². The van der Waals surface area contributed by atoms with Gasteiger partial charge in [-0.2, -0.15) is 9.78 Å². The van der Waals surface area contributed by atoms with Crippen LogP contribution >= 0.6 is 22.9 Å². The van der Waals surface area contributed by atoms with E-state index in [4.69, 9.17) is 16.3 Å². The van der Waals surface area contributed by atoms with Gasteiger partial charge in [0.05, 0.1) is 10.9 Å². The van der Waals surface area contributed by atoms with E-state index in [0.717, 1.165) is 9.56 Å². The molecule has 7 nitrogen and oxygen atoms in total. The molecule has 32 heavy (non-hydrogen) atoms. The summed E-state index contributed by atoms with van der Waals surface area (Å²) in [5, 5.41) is 7.43. The van der Waals surface area contributed by atoms with Crippen molar-refractivity contribution in [3.63, 3.8) is 0 Å². The molecule has 0 aliphatic carbocycles. The number of anilines is 1. The van der Waals surface area contributed by atoms with Crippen LogP contribution in [0.2, 0.25) is 4.34 Å². The number of nitrogens with one attached hydrogen (secondary N) is 1. The molecule has 0 aromatic carbocycles. The van der Waals surface area contributed by atoms with Gasteiger partial charge in [0.1, 0.15) is 12.3 Å². The highest BCUT2D eigenvalue weighted by molar-refractivity contribution is 7.16. The molecule has 10 heteroatoms. The van der Waals surface area contributed by atoms with E-state index in [1.165, 1.54) is 17.4 Å². The highest BCUT2D eigenvalue weighted by atomic mass is 35.5. The molecule has 0 unspecified atom stereocenters. The quantitative estimate of drug-likeness (QED) is 0.547. The lowest BCUT2D eigenvalue weighted by molar-refractivity contribution is 0.0750. The first-order valence-electron chi connectivity index (χ1n) is 10.5. The van der Waals surface area contributed by atoms with E-state index in [9.17, 15) is 9.59 Å². The molecule has 1 amide bonds. The fraction of sp³-hybridized carbons (Fsp3) is 0.500. The van der Waals surface area contributed by atoms with Crippen LogP contribution in [0.15, 0.2) is 24.8 Å². The number of ether oxygens (including phenoxy) is 1. The number of likely N-dealkylation sites (tertiary alicyclic amines) is 1. The predicted octanol–water partition coefficient (Wildman–Crippen LogP) is 5.54. The second kappa shape index (κ2) is 10.0. The Labute approximate surface area is 196 Å². The third kappa shape index (κ3) is 5.50. The molecule has 1 aliphatic rings. The number of thiophene rings is 1. The fourth-order valence-electron chi connectivity index (χ4n) is 3.47. The van der Waals surface area contributed by atoms with Crippen molar-refractivity contribution in [1.29, 1.82) is 0 Å². The maximum absolute atomic E-state index is 15.5. The van der Waals surface area contributed by atoms with Crippen LogP contribution in [0.4, 0.5) is 15.0 Å². The number of hydrogen-bond donors (Lipinski definition) is 1. The molecule has 2 aromatic rings. The van der Waals surface area contributed by atoms with Crippen molar-refractivity contribution in [2.24, 2.45) is 5.41 Å². The molecular weight excluding hydrogens is 455 g/mol. The molecule has 174 valence electrons. The highest BCUT2D eigenvalue weighted by Gasteiger charge is 2.34. The number of aromatic nitrogens is 2. The van der Waals surface area contributed by atoms with Gasteiger partial charge < -0.3 is 15.0 Å². The van der Waals surface area contributed by atoms with E-state index < -0.39 is 17.3 Å². The Morgan fingerprint density at radius 2 is 2.06 bits per heavy atom. The largest absolute Gasteiger partial charge is 0.445 e. The normalized spacial score (nSPS) is 15.0. The number of rotatable bonds is 6. The van der Waals surface area contributed by atoms with E-state index >= 15 is 4.39 Å². The van der Waals surface area contributed by atoms with Gasteiger partial charge in [-0.15, -0.1) is 11.3 Å². The summed E-state index contributed by atoms with van der Waals surface area (Å²) in [6.45, 7) is 10.2. The number of carbonyl (C=O) groups excluding carboxylic acids is 2. The van der Waals surface area contributed by atoms with Crippen molar-refractivity contribution in [3.05, 3.63) is 45.5 Å². The monoisotopic (exact) mass is 482 g/mol. The minimum Gasteiger partial charge on any atom is -0.445 e. The number of nitrogens with zero attached hydrogens (tertiary/aromatic N) is 3. The van der Waals surface area contributed by atoms with Crippen molar-refractivity contribution in [2.45, 2.75) is 46.1 Å². The molecule has 3 heterocycles. The number of piperidine rings is 1. The molecule has 0 spiro atoms. The molecule has 1 fully saturated rings. The van der Waals surface area contributed by atoms with Crippen LogP contribution in [0.1, 0.15) is 54.9 Å². The van der Waals surface area contributed by atoms with E-state index in [0.29, 0.717) is 36.8 Å². The molecule has 1 saturated heterocycles. The zero-order chi connectivity index (χ0) is 23.5. The van der Waals surface area contributed by atoms with Gasteiger partial charge in [-0.05, 0) is 25.0 Å². The molecule has 1 N–H and O–H groups in total. The van der Waals surface area contributed by atoms with Gasteiger partial charge in [0, 0.05) is 29.3 Å². The average molecular weight is 483 g/mol. The summed E-state index contributed by atoms with van der Waals surface area (Å²) in [5.41, 5.74) is -0.496. The Balaban J connectivity index is 1.80. The Bertz CT molecular complexity index is 990. The first kappa shape index (κ1) is 24.3. The van der Waals surface area contributed by atoms with Gasteiger partial charge in [-0.3, -0.25) is 4.79 Å². The average Bonchev–Trinajstić information content (AvgIpc) is 3.32. The Morgan fingerprint density at radius 3 is 2.62 bits per heavy atom. The Kier molecular flexibility index (Phi) is 7.61. The van der Waals surface area contributed by atoms with Gasteiger partial charge in [0.2, 0.25) is 0 Å². The van der Waals surface area contributed by atoms with E-state index in [-0.39, 0.29) is 29.9 Å². The summed E-state index contributed by atoms with van der Waals surface area (Å²) < 4.78 is 22.4. The Hall–Kier alpha value is -2.39. The number of amides is 1. The van der Waals surface area contributed by atoms with Crippen molar-refractivity contribution in [2.75, 3.05) is 25.0 Å². The van der Waals surface area contributed by atoms with Gasteiger partial charge in [-0.1, -0.05) is 45.0 Å². The molecule has 0 atom stereocenters. The Morgan fingerprint density at radius 1 is 1.38 bits per heavy atom. The molecule has 0 bridgehead atoms. The van der Waals surface area contributed by atoms with Crippen LogP contribution in [0.5, 0.6) is 0 Å². The number of carbonyl (C=O) groups is 2. The molecule has 0 radical (unpaired) electrons. The zero-order valence-corrected chi connectivity index (χ0v) is 20.1. The van der Waals surface area contributed by atoms with E-state index in [1.54, 1.807) is 31.7 Å². The van der Waals surface area contributed by atoms with E-state index in [1.807, 2.05) is 6.07 Å². The number of hydrogen-bond acceptors (Lipinski definition) is 6. The molecule has 1 aliphatic heterocycles. The van der Waals surface area contributed by atoms with Gasteiger partial charge in [0.25, 0.3) is 5.91 Å². The molecule has 3 rings (SSSR count). The van der Waals surface area contributed by atoms with E-state index in [2.05, 4.69) is 17.0 Å². The van der Waals surface area contributed by atoms with Gasteiger partial charge >= 0.3 is 6.09 Å². The third-order valence-corrected chi connectivity index (χ3v) is 6.44. The summed E-state index contributed by atoms with van der Waals surface area (Å²) >= 11 is 7.37. The summed E-state index contributed by atoms with van der Waals surface area (Å²) in [4.78, 5) is 27.5. The lowest BCUT2D eigenvalue weighted by Gasteiger charge is -2.30. The second-order valence-corrected chi connectivity index (χ2v) is 10.5. The van der Waals surface area contributed by atoms with Crippen molar-refractivity contribution in [1.82, 2.24) is 14.7 Å². The SMILES string of the molecule is C=CCOC(=O)N1CCC(c2nn(C(=O)C(C)(C)C)c(NCc3ccc(Cl)s3)c2F)CC1. The lowest BCUT2D eigenvalue weighted by Crippen LogP contribution is -2.38. The highest BCUT2D eigenvalue weighted by Crippen LogP contribution is 2.34. The van der Waals surface area contributed by atoms with Gasteiger partial charge in [0.15, 0.2) is 11.6 Å². The van der Waals surface area contributed by atoms with Crippen molar-refractivity contribution >= 4 is 40.8 Å². The molecular formula is C22H28ClFN4O3S. The first-order valence-corrected chi connectivity index (χ1v) is 11.6. The lowest BCUT2D eigenvalue weighted by atomic mass is 9.93. The van der Waals surface area contributed by atoms with Crippen LogP contribution in [-0.4, -0.2) is 46.4 Å². The molecule has 0 saturated carbocycles. The summed E-state index contributed by atoms with van der Waals surface area (Å²) in [7, 11) is 0. The van der Waals surface area contributed by atoms with Crippen LogP contribution in [-0.2, 0) is 11.3 Å². The van der Waals surface area contributed by atoms with Crippen molar-refractivity contribution < 1.29 is 18.7 Å². The summed E-state index contributed by atoms with van der Waals surface area (Å²) in [6.07, 6.45) is 2.16.